The van der Waals surface area contributed by atoms with E-state index in [1.54, 1.807) is 0 Å². The summed E-state index contributed by atoms with van der Waals surface area (Å²) in [6.07, 6.45) is 0.865. The van der Waals surface area contributed by atoms with E-state index < -0.39 is 0 Å². The Hall–Kier alpha value is -1.66. The number of rotatable bonds is 6. The third-order valence-corrected chi connectivity index (χ3v) is 4.50. The van der Waals surface area contributed by atoms with Crippen LogP contribution in [0.25, 0.3) is 10.8 Å². The van der Waals surface area contributed by atoms with Gasteiger partial charge in [-0.1, -0.05) is 13.8 Å². The van der Waals surface area contributed by atoms with E-state index in [4.69, 9.17) is 10.2 Å². The smallest absolute Gasteiger partial charge is 0.263 e. The molecule has 0 radical (unpaired) electrons. The van der Waals surface area contributed by atoms with E-state index >= 15 is 0 Å². The molecular weight excluding hydrogens is 298 g/mol. The van der Waals surface area contributed by atoms with Gasteiger partial charge in [-0.05, 0) is 38.3 Å². The molecule has 2 aromatic heterocycles. The minimum Gasteiger partial charge on any atom is -0.459 e. The number of aromatic nitrogens is 1. The zero-order valence-electron chi connectivity index (χ0n) is 13.5. The van der Waals surface area contributed by atoms with Crippen LogP contribution in [0.1, 0.15) is 41.4 Å². The molecule has 1 amide bonds. The van der Waals surface area contributed by atoms with Crippen LogP contribution in [0.5, 0.6) is 0 Å². The molecule has 1 unspecified atom stereocenters. The number of carbonyl (C=O) groups is 1. The number of aryl methyl sites for hydroxylation is 2. The van der Waals surface area contributed by atoms with Crippen molar-refractivity contribution in [2.24, 2.45) is 11.7 Å². The molecule has 120 valence electrons. The molecule has 0 fully saturated rings. The molecule has 6 heteroatoms. The third kappa shape index (κ3) is 3.96. The van der Waals surface area contributed by atoms with Crippen molar-refractivity contribution in [3.05, 3.63) is 28.5 Å². The summed E-state index contributed by atoms with van der Waals surface area (Å²) in [4.78, 5) is 17.5. The van der Waals surface area contributed by atoms with Crippen molar-refractivity contribution in [2.45, 2.75) is 40.2 Å². The molecule has 2 rings (SSSR count). The first-order chi connectivity index (χ1) is 10.4. The number of furan rings is 1. The molecule has 0 bridgehead atoms. The second kappa shape index (κ2) is 7.07. The molecule has 0 aliphatic carbocycles. The van der Waals surface area contributed by atoms with Gasteiger partial charge in [-0.2, -0.15) is 0 Å². The first kappa shape index (κ1) is 16.7. The Kier molecular flexibility index (Phi) is 5.37. The molecule has 2 heterocycles. The summed E-state index contributed by atoms with van der Waals surface area (Å²) >= 11 is 1.35. The van der Waals surface area contributed by atoms with E-state index in [0.717, 1.165) is 17.2 Å². The summed E-state index contributed by atoms with van der Waals surface area (Å²) in [6.45, 7) is 8.39. The number of nitrogens with two attached hydrogens (primary N) is 1. The van der Waals surface area contributed by atoms with Gasteiger partial charge in [0.25, 0.3) is 5.91 Å². The number of nitrogens with one attached hydrogen (secondary N) is 1. The second-order valence-corrected chi connectivity index (χ2v) is 6.88. The molecule has 22 heavy (non-hydrogen) atoms. The quantitative estimate of drug-likeness (QED) is 0.856. The average molecular weight is 321 g/mol. The monoisotopic (exact) mass is 321 g/mol. The fourth-order valence-electron chi connectivity index (χ4n) is 2.30. The predicted molar refractivity (Wildman–Crippen MR) is 89.1 cm³/mol. The van der Waals surface area contributed by atoms with Crippen LogP contribution in [0.4, 0.5) is 0 Å². The topological polar surface area (TPSA) is 81.2 Å². The van der Waals surface area contributed by atoms with Gasteiger partial charge in [-0.15, -0.1) is 11.3 Å². The van der Waals surface area contributed by atoms with E-state index in [-0.39, 0.29) is 11.9 Å². The van der Waals surface area contributed by atoms with Gasteiger partial charge in [-0.3, -0.25) is 4.79 Å². The van der Waals surface area contributed by atoms with Gasteiger partial charge in [0, 0.05) is 12.6 Å². The Balaban J connectivity index is 2.15. The molecule has 0 saturated heterocycles. The van der Waals surface area contributed by atoms with Crippen LogP contribution in [0.3, 0.4) is 0 Å². The van der Waals surface area contributed by atoms with Gasteiger partial charge in [0.05, 0.1) is 5.69 Å². The molecule has 3 N–H and O–H groups in total. The van der Waals surface area contributed by atoms with E-state index in [9.17, 15) is 4.79 Å². The summed E-state index contributed by atoms with van der Waals surface area (Å²) in [6, 6.07) is 3.75. The molecule has 0 aliphatic rings. The number of amides is 1. The summed E-state index contributed by atoms with van der Waals surface area (Å²) in [7, 11) is 0. The summed E-state index contributed by atoms with van der Waals surface area (Å²) in [5.41, 5.74) is 6.46. The third-order valence-electron chi connectivity index (χ3n) is 3.33. The maximum atomic E-state index is 12.4. The number of nitrogens with zero attached hydrogens (tertiary/aromatic N) is 1. The lowest BCUT2D eigenvalue weighted by Crippen LogP contribution is -2.41. The highest BCUT2D eigenvalue weighted by atomic mass is 32.1. The fourth-order valence-corrected chi connectivity index (χ4v) is 3.23. The molecule has 0 saturated carbocycles. The lowest BCUT2D eigenvalue weighted by Gasteiger charge is -2.18. The van der Waals surface area contributed by atoms with Crippen LogP contribution in [-0.2, 0) is 0 Å². The molecule has 2 aromatic rings. The minimum absolute atomic E-state index is 0.0108. The lowest BCUT2D eigenvalue weighted by molar-refractivity contribution is 0.0937. The fraction of sp³-hybridized carbons (Fsp3) is 0.500. The van der Waals surface area contributed by atoms with Crippen LogP contribution in [0, 0.1) is 19.8 Å². The van der Waals surface area contributed by atoms with Gasteiger partial charge < -0.3 is 15.5 Å². The number of hydrogen-bond donors (Lipinski definition) is 2. The highest BCUT2D eigenvalue weighted by Crippen LogP contribution is 2.29. The normalized spacial score (nSPS) is 12.6. The van der Waals surface area contributed by atoms with Crippen molar-refractivity contribution < 1.29 is 9.21 Å². The van der Waals surface area contributed by atoms with Crippen molar-refractivity contribution in [1.82, 2.24) is 10.3 Å². The highest BCUT2D eigenvalue weighted by Gasteiger charge is 2.20. The molecule has 0 spiro atoms. The lowest BCUT2D eigenvalue weighted by atomic mass is 10.0. The number of carbonyl (C=O) groups excluding carboxylic acids is 1. The Morgan fingerprint density at radius 1 is 1.41 bits per heavy atom. The Morgan fingerprint density at radius 2 is 2.14 bits per heavy atom. The number of hydrogen-bond acceptors (Lipinski definition) is 5. The van der Waals surface area contributed by atoms with Crippen LogP contribution in [0.15, 0.2) is 16.5 Å². The highest BCUT2D eigenvalue weighted by molar-refractivity contribution is 7.17. The predicted octanol–water partition coefficient (Wildman–Crippen LogP) is 3.12. The van der Waals surface area contributed by atoms with Gasteiger partial charge in [0.2, 0.25) is 0 Å². The molecule has 5 nitrogen and oxygen atoms in total. The van der Waals surface area contributed by atoms with Crippen LogP contribution in [-0.4, -0.2) is 23.5 Å². The van der Waals surface area contributed by atoms with Gasteiger partial charge in [-0.25, -0.2) is 4.98 Å². The van der Waals surface area contributed by atoms with Gasteiger partial charge in [0.15, 0.2) is 10.8 Å². The van der Waals surface area contributed by atoms with Gasteiger partial charge >= 0.3 is 0 Å². The molecule has 1 atom stereocenters. The Labute approximate surface area is 134 Å². The zero-order chi connectivity index (χ0) is 16.3. The van der Waals surface area contributed by atoms with Crippen molar-refractivity contribution in [3.8, 4) is 10.8 Å². The van der Waals surface area contributed by atoms with Crippen LogP contribution < -0.4 is 11.1 Å². The van der Waals surface area contributed by atoms with Gasteiger partial charge in [0.1, 0.15) is 10.6 Å². The van der Waals surface area contributed by atoms with Crippen LogP contribution in [0.2, 0.25) is 0 Å². The first-order valence-electron chi connectivity index (χ1n) is 7.45. The summed E-state index contributed by atoms with van der Waals surface area (Å²) in [5, 5.41) is 3.73. The van der Waals surface area contributed by atoms with E-state index in [1.165, 1.54) is 11.3 Å². The summed E-state index contributed by atoms with van der Waals surface area (Å²) < 4.78 is 5.57. The average Bonchev–Trinajstić information content (AvgIpc) is 3.03. The van der Waals surface area contributed by atoms with Crippen molar-refractivity contribution in [1.29, 1.82) is 0 Å². The van der Waals surface area contributed by atoms with E-state index in [2.05, 4.69) is 24.1 Å². The minimum atomic E-state index is -0.111. The van der Waals surface area contributed by atoms with Crippen molar-refractivity contribution in [3.63, 3.8) is 0 Å². The standard InChI is InChI=1S/C16H23N3O2S/c1-9(2)7-12(8-17)19-15(20)14-11(4)18-16(22-14)13-6-5-10(3)21-13/h5-6,9,12H,7-8,17H2,1-4H3,(H,19,20). The zero-order valence-corrected chi connectivity index (χ0v) is 14.3. The van der Waals surface area contributed by atoms with Crippen LogP contribution >= 0.6 is 11.3 Å². The second-order valence-electron chi connectivity index (χ2n) is 5.88. The summed E-state index contributed by atoms with van der Waals surface area (Å²) in [5.74, 6) is 1.90. The van der Waals surface area contributed by atoms with Crippen molar-refractivity contribution in [2.75, 3.05) is 6.54 Å². The van der Waals surface area contributed by atoms with Crippen molar-refractivity contribution >= 4 is 17.2 Å². The Morgan fingerprint density at radius 3 is 2.68 bits per heavy atom. The van der Waals surface area contributed by atoms with E-state index in [1.807, 2.05) is 26.0 Å². The SMILES string of the molecule is Cc1ccc(-c2nc(C)c(C(=O)NC(CN)CC(C)C)s2)o1. The Bertz CT molecular complexity index is 646. The van der Waals surface area contributed by atoms with E-state index in [0.29, 0.717) is 28.8 Å². The maximum absolute atomic E-state index is 12.4. The molecular formula is C16H23N3O2S. The first-order valence-corrected chi connectivity index (χ1v) is 8.27. The maximum Gasteiger partial charge on any atom is 0.263 e. The largest absolute Gasteiger partial charge is 0.459 e. The molecule has 0 aromatic carbocycles. The number of thiazole rings is 1. The molecule has 0 aliphatic heterocycles.